The fraction of sp³-hybridized carbons (Fsp3) is 0.500. The predicted octanol–water partition coefficient (Wildman–Crippen LogP) is 1.94. The molecular weight excluding hydrogens is 172 g/mol. The highest BCUT2D eigenvalue weighted by atomic mass is 15.0. The number of benzene rings is 1. The summed E-state index contributed by atoms with van der Waals surface area (Å²) in [4.78, 5) is 2.00. The predicted molar refractivity (Wildman–Crippen MR) is 62.5 cm³/mol. The minimum Gasteiger partial charge on any atom is -0.398 e. The van der Waals surface area contributed by atoms with Crippen molar-refractivity contribution < 1.29 is 0 Å². The first kappa shape index (κ1) is 11.1. The average molecular weight is 192 g/mol. The standard InChI is InChI=1S/C9H11N.C3H9N/c10-9-6-2-4-7-3-1-5-8(7)9;1-4(2)3/h2,4,6H,1,3,5,10H2;1-3H3. The van der Waals surface area contributed by atoms with Crippen molar-refractivity contribution >= 4 is 5.69 Å². The molecule has 14 heavy (non-hydrogen) atoms. The lowest BCUT2D eigenvalue weighted by molar-refractivity contribution is 0.505. The van der Waals surface area contributed by atoms with Crippen LogP contribution in [-0.2, 0) is 12.8 Å². The largest absolute Gasteiger partial charge is 0.398 e. The zero-order valence-electron chi connectivity index (χ0n) is 9.38. The summed E-state index contributed by atoms with van der Waals surface area (Å²) in [5.74, 6) is 0. The number of aryl methyl sites for hydroxylation is 1. The van der Waals surface area contributed by atoms with Crippen LogP contribution >= 0.6 is 0 Å². The van der Waals surface area contributed by atoms with E-state index in [4.69, 9.17) is 5.73 Å². The summed E-state index contributed by atoms with van der Waals surface area (Å²) in [5.41, 5.74) is 9.60. The third kappa shape index (κ3) is 3.04. The molecule has 0 fully saturated rings. The van der Waals surface area contributed by atoms with E-state index in [-0.39, 0.29) is 0 Å². The van der Waals surface area contributed by atoms with Gasteiger partial charge in [0.1, 0.15) is 0 Å². The third-order valence-corrected chi connectivity index (χ3v) is 2.18. The van der Waals surface area contributed by atoms with E-state index in [1.165, 1.54) is 30.4 Å². The molecule has 0 saturated carbocycles. The van der Waals surface area contributed by atoms with Crippen LogP contribution in [-0.4, -0.2) is 26.0 Å². The molecule has 1 aromatic rings. The summed E-state index contributed by atoms with van der Waals surface area (Å²) < 4.78 is 0. The fourth-order valence-corrected chi connectivity index (χ4v) is 1.65. The Labute approximate surface area is 86.7 Å². The Balaban J connectivity index is 0.000000213. The van der Waals surface area contributed by atoms with Gasteiger partial charge < -0.3 is 10.6 Å². The molecular formula is C12H20N2. The first-order chi connectivity index (χ1) is 6.61. The highest BCUT2D eigenvalue weighted by Gasteiger charge is 2.11. The summed E-state index contributed by atoms with van der Waals surface area (Å²) in [5, 5.41) is 0. The number of nitrogens with two attached hydrogens (primary N) is 1. The maximum atomic E-state index is 5.77. The lowest BCUT2D eigenvalue weighted by Crippen LogP contribution is -1.99. The molecule has 0 spiro atoms. The SMILES string of the molecule is CN(C)C.Nc1cccc2c1CCC2. The number of hydrogen-bond donors (Lipinski definition) is 1. The van der Waals surface area contributed by atoms with Gasteiger partial charge in [-0.1, -0.05) is 12.1 Å². The topological polar surface area (TPSA) is 29.3 Å². The van der Waals surface area contributed by atoms with Crippen molar-refractivity contribution in [3.8, 4) is 0 Å². The van der Waals surface area contributed by atoms with Gasteiger partial charge in [-0.3, -0.25) is 0 Å². The Hall–Kier alpha value is -1.02. The van der Waals surface area contributed by atoms with Crippen molar-refractivity contribution in [2.75, 3.05) is 26.9 Å². The van der Waals surface area contributed by atoms with E-state index in [0.29, 0.717) is 0 Å². The number of nitrogen functional groups attached to an aromatic ring is 1. The summed E-state index contributed by atoms with van der Waals surface area (Å²) in [6.07, 6.45) is 3.69. The van der Waals surface area contributed by atoms with Crippen molar-refractivity contribution in [2.24, 2.45) is 0 Å². The molecule has 2 rings (SSSR count). The summed E-state index contributed by atoms with van der Waals surface area (Å²) in [6.45, 7) is 0. The second-order valence-corrected chi connectivity index (χ2v) is 4.18. The quantitative estimate of drug-likeness (QED) is 0.636. The number of rotatable bonds is 0. The summed E-state index contributed by atoms with van der Waals surface area (Å²) in [7, 11) is 6.00. The van der Waals surface area contributed by atoms with E-state index in [1.807, 2.05) is 38.2 Å². The molecule has 0 aliphatic heterocycles. The van der Waals surface area contributed by atoms with Crippen LogP contribution in [0.4, 0.5) is 5.69 Å². The lowest BCUT2D eigenvalue weighted by atomic mass is 10.1. The van der Waals surface area contributed by atoms with Crippen LogP contribution in [0.1, 0.15) is 17.5 Å². The Morgan fingerprint density at radius 1 is 1.14 bits per heavy atom. The Bertz CT molecular complexity index is 290. The second kappa shape index (κ2) is 5.01. The van der Waals surface area contributed by atoms with Gasteiger partial charge in [-0.05, 0) is 57.6 Å². The van der Waals surface area contributed by atoms with Crippen molar-refractivity contribution in [2.45, 2.75) is 19.3 Å². The van der Waals surface area contributed by atoms with Crippen LogP contribution in [0.25, 0.3) is 0 Å². The summed E-state index contributed by atoms with van der Waals surface area (Å²) in [6, 6.07) is 6.21. The molecule has 0 radical (unpaired) electrons. The first-order valence-electron chi connectivity index (χ1n) is 5.08. The van der Waals surface area contributed by atoms with Crippen LogP contribution < -0.4 is 5.73 Å². The minimum absolute atomic E-state index is 0.981. The molecule has 0 saturated heterocycles. The van der Waals surface area contributed by atoms with E-state index in [2.05, 4.69) is 6.07 Å². The van der Waals surface area contributed by atoms with E-state index in [1.54, 1.807) is 0 Å². The number of hydrogen-bond acceptors (Lipinski definition) is 2. The van der Waals surface area contributed by atoms with Gasteiger partial charge in [0.2, 0.25) is 0 Å². The van der Waals surface area contributed by atoms with Crippen molar-refractivity contribution in [3.05, 3.63) is 29.3 Å². The van der Waals surface area contributed by atoms with E-state index in [9.17, 15) is 0 Å². The van der Waals surface area contributed by atoms with Gasteiger partial charge in [-0.2, -0.15) is 0 Å². The van der Waals surface area contributed by atoms with E-state index < -0.39 is 0 Å². The third-order valence-electron chi connectivity index (χ3n) is 2.18. The summed E-state index contributed by atoms with van der Waals surface area (Å²) >= 11 is 0. The first-order valence-corrected chi connectivity index (χ1v) is 5.08. The van der Waals surface area contributed by atoms with Crippen molar-refractivity contribution in [3.63, 3.8) is 0 Å². The number of nitrogens with zero attached hydrogens (tertiary/aromatic N) is 1. The van der Waals surface area contributed by atoms with Gasteiger partial charge >= 0.3 is 0 Å². The molecule has 2 N–H and O–H groups in total. The Kier molecular flexibility index (Phi) is 3.96. The number of fused-ring (bicyclic) bond motifs is 1. The van der Waals surface area contributed by atoms with Gasteiger partial charge in [-0.15, -0.1) is 0 Å². The highest BCUT2D eigenvalue weighted by molar-refractivity contribution is 5.52. The van der Waals surface area contributed by atoms with E-state index >= 15 is 0 Å². The smallest absolute Gasteiger partial charge is 0.0349 e. The van der Waals surface area contributed by atoms with E-state index in [0.717, 1.165) is 5.69 Å². The fourth-order valence-electron chi connectivity index (χ4n) is 1.65. The molecule has 1 aliphatic carbocycles. The zero-order valence-corrected chi connectivity index (χ0v) is 9.38. The van der Waals surface area contributed by atoms with Crippen LogP contribution in [0.5, 0.6) is 0 Å². The van der Waals surface area contributed by atoms with Gasteiger partial charge in [0.05, 0.1) is 0 Å². The molecule has 0 atom stereocenters. The molecule has 78 valence electrons. The molecule has 0 unspecified atom stereocenters. The van der Waals surface area contributed by atoms with Gasteiger partial charge in [-0.25, -0.2) is 0 Å². The molecule has 1 aromatic carbocycles. The van der Waals surface area contributed by atoms with Crippen molar-refractivity contribution in [1.29, 1.82) is 0 Å². The monoisotopic (exact) mass is 192 g/mol. The van der Waals surface area contributed by atoms with Crippen molar-refractivity contribution in [1.82, 2.24) is 4.90 Å². The van der Waals surface area contributed by atoms with Crippen LogP contribution in [0, 0.1) is 0 Å². The van der Waals surface area contributed by atoms with Gasteiger partial charge in [0, 0.05) is 5.69 Å². The molecule has 0 bridgehead atoms. The van der Waals surface area contributed by atoms with Crippen LogP contribution in [0.2, 0.25) is 0 Å². The van der Waals surface area contributed by atoms with Crippen LogP contribution in [0.3, 0.4) is 0 Å². The highest BCUT2D eigenvalue weighted by Crippen LogP contribution is 2.26. The Morgan fingerprint density at radius 3 is 2.36 bits per heavy atom. The van der Waals surface area contributed by atoms with Gasteiger partial charge in [0.25, 0.3) is 0 Å². The average Bonchev–Trinajstić information content (AvgIpc) is 2.52. The second-order valence-electron chi connectivity index (χ2n) is 4.18. The molecule has 2 nitrogen and oxygen atoms in total. The van der Waals surface area contributed by atoms with Gasteiger partial charge in [0.15, 0.2) is 0 Å². The molecule has 0 amide bonds. The Morgan fingerprint density at radius 2 is 1.79 bits per heavy atom. The molecule has 1 aliphatic rings. The minimum atomic E-state index is 0.981. The normalized spacial score (nSPS) is 13.4. The maximum absolute atomic E-state index is 5.77. The lowest BCUT2D eigenvalue weighted by Gasteiger charge is -2.00. The molecule has 0 aromatic heterocycles. The molecule has 0 heterocycles. The maximum Gasteiger partial charge on any atom is 0.0349 e. The van der Waals surface area contributed by atoms with Crippen LogP contribution in [0.15, 0.2) is 18.2 Å². The molecule has 2 heteroatoms. The number of anilines is 1. The zero-order chi connectivity index (χ0) is 10.6.